The Morgan fingerprint density at radius 3 is 2.61 bits per heavy atom. The average molecular weight is 250 g/mol. The van der Waals surface area contributed by atoms with E-state index in [1.165, 1.54) is 44.3 Å². The van der Waals surface area contributed by atoms with Crippen LogP contribution in [0.3, 0.4) is 0 Å². The molecule has 2 heterocycles. The van der Waals surface area contributed by atoms with Crippen molar-refractivity contribution in [2.75, 3.05) is 13.1 Å². The van der Waals surface area contributed by atoms with Crippen LogP contribution in [0.4, 0.5) is 0 Å². The molecule has 1 fully saturated rings. The van der Waals surface area contributed by atoms with Gasteiger partial charge in [-0.15, -0.1) is 0 Å². The smallest absolute Gasteiger partial charge is 0.118 e. The van der Waals surface area contributed by atoms with Crippen LogP contribution in [-0.2, 0) is 13.1 Å². The van der Waals surface area contributed by atoms with Gasteiger partial charge in [-0.2, -0.15) is 0 Å². The van der Waals surface area contributed by atoms with Crippen LogP contribution in [0, 0.1) is 0 Å². The zero-order valence-corrected chi connectivity index (χ0v) is 11.7. The van der Waals surface area contributed by atoms with Crippen molar-refractivity contribution in [1.82, 2.24) is 10.2 Å². The Hall–Kier alpha value is -0.800. The van der Waals surface area contributed by atoms with Gasteiger partial charge < -0.3 is 9.73 Å². The van der Waals surface area contributed by atoms with E-state index in [-0.39, 0.29) is 0 Å². The molecule has 102 valence electrons. The molecule has 0 radical (unpaired) electrons. The van der Waals surface area contributed by atoms with E-state index in [1.54, 1.807) is 0 Å². The first-order valence-corrected chi connectivity index (χ1v) is 7.26. The van der Waals surface area contributed by atoms with Gasteiger partial charge in [-0.1, -0.05) is 26.7 Å². The number of hydrogen-bond acceptors (Lipinski definition) is 3. The number of nitrogens with zero attached hydrogens (tertiary/aromatic N) is 1. The molecule has 1 N–H and O–H groups in total. The van der Waals surface area contributed by atoms with E-state index in [0.29, 0.717) is 6.04 Å². The molecule has 0 aliphatic carbocycles. The van der Waals surface area contributed by atoms with Gasteiger partial charge in [0, 0.05) is 18.2 Å². The fourth-order valence-corrected chi connectivity index (χ4v) is 2.44. The van der Waals surface area contributed by atoms with Crippen molar-refractivity contribution >= 4 is 0 Å². The standard InChI is InChI=1S/C15H26N2O/c1-13(2)16-10-14-9-15(18-12-14)11-17-7-5-3-4-6-8-17/h9,12-13,16H,3-8,10-11H2,1-2H3. The summed E-state index contributed by atoms with van der Waals surface area (Å²) in [6.45, 7) is 8.65. The van der Waals surface area contributed by atoms with Crippen LogP contribution in [0.1, 0.15) is 50.9 Å². The van der Waals surface area contributed by atoms with Crippen LogP contribution in [0.2, 0.25) is 0 Å². The summed E-state index contributed by atoms with van der Waals surface area (Å²) in [5.74, 6) is 1.11. The summed E-state index contributed by atoms with van der Waals surface area (Å²) >= 11 is 0. The summed E-state index contributed by atoms with van der Waals surface area (Å²) in [5, 5.41) is 3.42. The molecule has 3 heteroatoms. The molecule has 1 aromatic heterocycles. The molecule has 0 aromatic carbocycles. The van der Waals surface area contributed by atoms with Crippen molar-refractivity contribution in [3.8, 4) is 0 Å². The van der Waals surface area contributed by atoms with Gasteiger partial charge in [0.2, 0.25) is 0 Å². The highest BCUT2D eigenvalue weighted by molar-refractivity contribution is 5.12. The largest absolute Gasteiger partial charge is 0.468 e. The molecule has 3 nitrogen and oxygen atoms in total. The van der Waals surface area contributed by atoms with Gasteiger partial charge in [0.15, 0.2) is 0 Å². The Labute approximate surface area is 111 Å². The maximum Gasteiger partial charge on any atom is 0.118 e. The first-order valence-electron chi connectivity index (χ1n) is 7.26. The zero-order valence-electron chi connectivity index (χ0n) is 11.7. The summed E-state index contributed by atoms with van der Waals surface area (Å²) in [6.07, 6.45) is 7.34. The topological polar surface area (TPSA) is 28.4 Å². The number of furan rings is 1. The molecule has 1 aromatic rings. The first-order chi connectivity index (χ1) is 8.74. The number of nitrogens with one attached hydrogen (secondary N) is 1. The monoisotopic (exact) mass is 250 g/mol. The van der Waals surface area contributed by atoms with E-state index in [9.17, 15) is 0 Å². The number of hydrogen-bond donors (Lipinski definition) is 1. The van der Waals surface area contributed by atoms with Crippen molar-refractivity contribution in [3.05, 3.63) is 23.7 Å². The first kappa shape index (κ1) is 13.6. The predicted molar refractivity (Wildman–Crippen MR) is 74.4 cm³/mol. The van der Waals surface area contributed by atoms with E-state index >= 15 is 0 Å². The van der Waals surface area contributed by atoms with E-state index in [0.717, 1.165) is 18.8 Å². The second kappa shape index (κ2) is 6.95. The molecule has 0 amide bonds. The highest BCUT2D eigenvalue weighted by atomic mass is 16.3. The number of rotatable bonds is 5. The maximum atomic E-state index is 5.66. The molecule has 0 saturated carbocycles. The van der Waals surface area contributed by atoms with Crippen molar-refractivity contribution in [1.29, 1.82) is 0 Å². The molecule has 0 bridgehead atoms. The van der Waals surface area contributed by atoms with Crippen molar-refractivity contribution in [3.63, 3.8) is 0 Å². The Morgan fingerprint density at radius 1 is 1.22 bits per heavy atom. The third kappa shape index (κ3) is 4.46. The van der Waals surface area contributed by atoms with Gasteiger partial charge >= 0.3 is 0 Å². The highest BCUT2D eigenvalue weighted by Gasteiger charge is 2.11. The third-order valence-corrected chi connectivity index (χ3v) is 3.50. The molecule has 0 spiro atoms. The quantitative estimate of drug-likeness (QED) is 0.870. The second-order valence-corrected chi connectivity index (χ2v) is 5.65. The molecule has 0 atom stereocenters. The molecule has 18 heavy (non-hydrogen) atoms. The van der Waals surface area contributed by atoms with Crippen molar-refractivity contribution < 1.29 is 4.42 Å². The maximum absolute atomic E-state index is 5.66. The number of likely N-dealkylation sites (tertiary alicyclic amines) is 1. The van der Waals surface area contributed by atoms with Gasteiger partial charge in [-0.25, -0.2) is 0 Å². The molecular formula is C15H26N2O. The average Bonchev–Trinajstić information content (AvgIpc) is 2.62. The third-order valence-electron chi connectivity index (χ3n) is 3.50. The summed E-state index contributed by atoms with van der Waals surface area (Å²) in [7, 11) is 0. The molecule has 1 aliphatic rings. The minimum atomic E-state index is 0.522. The van der Waals surface area contributed by atoms with Gasteiger partial charge in [0.1, 0.15) is 5.76 Å². The lowest BCUT2D eigenvalue weighted by Gasteiger charge is -2.17. The van der Waals surface area contributed by atoms with Crippen molar-refractivity contribution in [2.24, 2.45) is 0 Å². The summed E-state index contributed by atoms with van der Waals surface area (Å²) < 4.78 is 5.66. The van der Waals surface area contributed by atoms with Crippen LogP contribution in [0.15, 0.2) is 16.7 Å². The Kier molecular flexibility index (Phi) is 5.26. The van der Waals surface area contributed by atoms with Crippen LogP contribution in [0.25, 0.3) is 0 Å². The van der Waals surface area contributed by atoms with Crippen LogP contribution >= 0.6 is 0 Å². The normalized spacial score (nSPS) is 18.2. The van der Waals surface area contributed by atoms with E-state index < -0.39 is 0 Å². The Bertz CT molecular complexity index is 338. The van der Waals surface area contributed by atoms with E-state index in [4.69, 9.17) is 4.42 Å². The molecule has 1 aliphatic heterocycles. The molecule has 1 saturated heterocycles. The lowest BCUT2D eigenvalue weighted by atomic mass is 10.2. The lowest BCUT2D eigenvalue weighted by Crippen LogP contribution is -2.23. The molecular weight excluding hydrogens is 224 g/mol. The fourth-order valence-electron chi connectivity index (χ4n) is 2.44. The van der Waals surface area contributed by atoms with E-state index in [2.05, 4.69) is 30.1 Å². The lowest BCUT2D eigenvalue weighted by molar-refractivity contribution is 0.253. The molecule has 2 rings (SSSR count). The highest BCUT2D eigenvalue weighted by Crippen LogP contribution is 2.15. The van der Waals surface area contributed by atoms with E-state index in [1.807, 2.05) is 6.26 Å². The molecule has 0 unspecified atom stereocenters. The van der Waals surface area contributed by atoms with Crippen LogP contribution in [0.5, 0.6) is 0 Å². The zero-order chi connectivity index (χ0) is 12.8. The summed E-state index contributed by atoms with van der Waals surface area (Å²) in [4.78, 5) is 2.52. The second-order valence-electron chi connectivity index (χ2n) is 5.65. The minimum absolute atomic E-state index is 0.522. The predicted octanol–water partition coefficient (Wildman–Crippen LogP) is 3.15. The SMILES string of the molecule is CC(C)NCc1coc(CN2CCCCCC2)c1. The van der Waals surface area contributed by atoms with Gasteiger partial charge in [0.05, 0.1) is 12.8 Å². The van der Waals surface area contributed by atoms with Gasteiger partial charge in [-0.3, -0.25) is 4.90 Å². The van der Waals surface area contributed by atoms with Gasteiger partial charge in [-0.05, 0) is 32.0 Å². The summed E-state index contributed by atoms with van der Waals surface area (Å²) in [6, 6.07) is 2.72. The van der Waals surface area contributed by atoms with Gasteiger partial charge in [0.25, 0.3) is 0 Å². The van der Waals surface area contributed by atoms with Crippen LogP contribution < -0.4 is 5.32 Å². The fraction of sp³-hybridized carbons (Fsp3) is 0.733. The van der Waals surface area contributed by atoms with Crippen LogP contribution in [-0.4, -0.2) is 24.0 Å². The summed E-state index contributed by atoms with van der Waals surface area (Å²) in [5.41, 5.74) is 1.26. The Balaban J connectivity index is 1.81. The Morgan fingerprint density at radius 2 is 1.94 bits per heavy atom. The minimum Gasteiger partial charge on any atom is -0.468 e. The van der Waals surface area contributed by atoms with Crippen molar-refractivity contribution in [2.45, 2.75) is 58.7 Å².